The van der Waals surface area contributed by atoms with Gasteiger partial charge in [-0.25, -0.2) is 0 Å². The topological polar surface area (TPSA) is 13.1 Å². The number of benzene rings is 8. The van der Waals surface area contributed by atoms with Crippen LogP contribution in [0.1, 0.15) is 0 Å². The SMILES string of the molecule is c1ccc(-c2coc3ccc4c5ccc(-c6c7ccccc7c(-c7cccc8ccccc78)c7ccccc67)cc5sc4c23)cc1. The summed E-state index contributed by atoms with van der Waals surface area (Å²) in [7, 11) is 0. The zero-order valence-corrected chi connectivity index (χ0v) is 25.6. The summed E-state index contributed by atoms with van der Waals surface area (Å²) in [6.07, 6.45) is 1.91. The molecule has 0 amide bonds. The lowest BCUT2D eigenvalue weighted by Gasteiger charge is -2.18. The van der Waals surface area contributed by atoms with Crippen molar-refractivity contribution in [3.63, 3.8) is 0 Å². The molecule has 0 bridgehead atoms. The van der Waals surface area contributed by atoms with E-state index in [1.807, 2.05) is 17.6 Å². The Morgan fingerprint density at radius 2 is 1.04 bits per heavy atom. The Morgan fingerprint density at radius 1 is 0.413 bits per heavy atom. The molecule has 1 nitrogen and oxygen atoms in total. The Hall–Kier alpha value is -5.70. The highest BCUT2D eigenvalue weighted by molar-refractivity contribution is 7.26. The molecular formula is C44H26OS. The van der Waals surface area contributed by atoms with E-state index in [-0.39, 0.29) is 0 Å². The summed E-state index contributed by atoms with van der Waals surface area (Å²) in [6.45, 7) is 0. The Bertz CT molecular complexity index is 2740. The first-order chi connectivity index (χ1) is 22.8. The second kappa shape index (κ2) is 9.90. The van der Waals surface area contributed by atoms with Crippen LogP contribution in [0.4, 0.5) is 0 Å². The maximum Gasteiger partial charge on any atom is 0.135 e. The van der Waals surface area contributed by atoms with Crippen LogP contribution in [0.2, 0.25) is 0 Å². The Labute approximate surface area is 269 Å². The predicted octanol–water partition coefficient (Wildman–Crippen LogP) is 13.3. The summed E-state index contributed by atoms with van der Waals surface area (Å²) in [6, 6.07) is 55.2. The molecule has 214 valence electrons. The van der Waals surface area contributed by atoms with Crippen LogP contribution in [-0.2, 0) is 0 Å². The highest BCUT2D eigenvalue weighted by atomic mass is 32.1. The fraction of sp³-hybridized carbons (Fsp3) is 0. The number of rotatable bonds is 3. The number of fused-ring (bicyclic) bond motifs is 8. The van der Waals surface area contributed by atoms with Crippen molar-refractivity contribution in [2.75, 3.05) is 0 Å². The molecule has 0 saturated carbocycles. The molecule has 0 fully saturated rings. The van der Waals surface area contributed by atoms with Crippen molar-refractivity contribution in [2.24, 2.45) is 0 Å². The first-order valence-corrected chi connectivity index (χ1v) is 16.5. The molecule has 0 N–H and O–H groups in total. The highest BCUT2D eigenvalue weighted by Gasteiger charge is 2.20. The van der Waals surface area contributed by atoms with E-state index in [9.17, 15) is 0 Å². The molecule has 0 aliphatic heterocycles. The van der Waals surface area contributed by atoms with Crippen LogP contribution in [-0.4, -0.2) is 0 Å². The first kappa shape index (κ1) is 25.6. The Morgan fingerprint density at radius 3 is 1.80 bits per heavy atom. The molecule has 0 aliphatic carbocycles. The lowest BCUT2D eigenvalue weighted by molar-refractivity contribution is 0.617. The maximum absolute atomic E-state index is 6.08. The zero-order chi connectivity index (χ0) is 30.2. The third kappa shape index (κ3) is 3.68. The summed E-state index contributed by atoms with van der Waals surface area (Å²) in [5.41, 5.74) is 8.35. The first-order valence-electron chi connectivity index (χ1n) is 15.7. The molecule has 10 rings (SSSR count). The second-order valence-electron chi connectivity index (χ2n) is 12.0. The van der Waals surface area contributed by atoms with Gasteiger partial charge >= 0.3 is 0 Å². The minimum atomic E-state index is 0.930. The summed E-state index contributed by atoms with van der Waals surface area (Å²) in [5.74, 6) is 0. The van der Waals surface area contributed by atoms with Crippen molar-refractivity contribution >= 4 is 74.8 Å². The van der Waals surface area contributed by atoms with Crippen LogP contribution in [0.25, 0.3) is 96.8 Å². The second-order valence-corrected chi connectivity index (χ2v) is 13.1. The van der Waals surface area contributed by atoms with Gasteiger partial charge in [0, 0.05) is 31.1 Å². The van der Waals surface area contributed by atoms with E-state index in [1.54, 1.807) is 0 Å². The molecular weight excluding hydrogens is 577 g/mol. The number of furan rings is 1. The molecule has 0 aliphatic rings. The summed E-state index contributed by atoms with van der Waals surface area (Å²) < 4.78 is 8.64. The standard InChI is InChI=1S/C44H26OS/c1-2-11-28(12-3-1)38-26-45-39-24-23-37-31-22-21-29(25-40(31)46-44(37)43(38)39)41-33-16-6-8-18-35(33)42(36-19-9-7-17-34(36)41)32-20-10-14-27-13-4-5-15-30(27)32/h1-26H. The van der Waals surface area contributed by atoms with Gasteiger partial charge in [-0.2, -0.15) is 0 Å². The van der Waals surface area contributed by atoms with Crippen molar-refractivity contribution < 1.29 is 4.42 Å². The molecule has 0 radical (unpaired) electrons. The highest BCUT2D eigenvalue weighted by Crippen LogP contribution is 2.48. The number of hydrogen-bond donors (Lipinski definition) is 0. The quantitative estimate of drug-likeness (QED) is 0.183. The fourth-order valence-corrected chi connectivity index (χ4v) is 8.81. The summed E-state index contributed by atoms with van der Waals surface area (Å²) in [5, 5.41) is 11.4. The zero-order valence-electron chi connectivity index (χ0n) is 24.8. The van der Waals surface area contributed by atoms with Crippen molar-refractivity contribution in [1.82, 2.24) is 0 Å². The van der Waals surface area contributed by atoms with E-state index in [0.717, 1.165) is 11.1 Å². The fourth-order valence-electron chi connectivity index (χ4n) is 7.52. The largest absolute Gasteiger partial charge is 0.464 e. The van der Waals surface area contributed by atoms with E-state index in [0.29, 0.717) is 0 Å². The average molecular weight is 603 g/mol. The molecule has 46 heavy (non-hydrogen) atoms. The van der Waals surface area contributed by atoms with Crippen LogP contribution in [0.5, 0.6) is 0 Å². The van der Waals surface area contributed by atoms with Crippen molar-refractivity contribution in [1.29, 1.82) is 0 Å². The van der Waals surface area contributed by atoms with Gasteiger partial charge in [0.1, 0.15) is 5.58 Å². The van der Waals surface area contributed by atoms with E-state index < -0.39 is 0 Å². The third-order valence-corrected chi connectivity index (χ3v) is 10.7. The van der Waals surface area contributed by atoms with Gasteiger partial charge in [-0.05, 0) is 78.3 Å². The monoisotopic (exact) mass is 602 g/mol. The van der Waals surface area contributed by atoms with Gasteiger partial charge in [-0.3, -0.25) is 0 Å². The summed E-state index contributed by atoms with van der Waals surface area (Å²) >= 11 is 1.87. The predicted molar refractivity (Wildman–Crippen MR) is 198 cm³/mol. The van der Waals surface area contributed by atoms with E-state index in [4.69, 9.17) is 4.42 Å². The Kier molecular flexibility index (Phi) is 5.51. The van der Waals surface area contributed by atoms with Gasteiger partial charge in [-0.1, -0.05) is 133 Å². The molecule has 0 atom stereocenters. The van der Waals surface area contributed by atoms with E-state index in [2.05, 4.69) is 152 Å². The van der Waals surface area contributed by atoms with Crippen LogP contribution in [0.3, 0.4) is 0 Å². The summed E-state index contributed by atoms with van der Waals surface area (Å²) in [4.78, 5) is 0. The van der Waals surface area contributed by atoms with Crippen molar-refractivity contribution in [3.8, 4) is 33.4 Å². The van der Waals surface area contributed by atoms with Crippen molar-refractivity contribution in [2.45, 2.75) is 0 Å². The molecule has 0 spiro atoms. The van der Waals surface area contributed by atoms with Gasteiger partial charge in [0.05, 0.1) is 6.26 Å². The van der Waals surface area contributed by atoms with Gasteiger partial charge in [0.2, 0.25) is 0 Å². The van der Waals surface area contributed by atoms with Gasteiger partial charge in [-0.15, -0.1) is 11.3 Å². The van der Waals surface area contributed by atoms with E-state index >= 15 is 0 Å². The molecule has 8 aromatic carbocycles. The molecule has 0 saturated heterocycles. The van der Waals surface area contributed by atoms with E-state index in [1.165, 1.54) is 85.7 Å². The van der Waals surface area contributed by atoms with Crippen molar-refractivity contribution in [3.05, 3.63) is 158 Å². The third-order valence-electron chi connectivity index (χ3n) is 9.54. The van der Waals surface area contributed by atoms with Gasteiger partial charge in [0.25, 0.3) is 0 Å². The minimum Gasteiger partial charge on any atom is -0.464 e. The normalized spacial score (nSPS) is 11.9. The average Bonchev–Trinajstić information content (AvgIpc) is 3.72. The lowest BCUT2D eigenvalue weighted by atomic mass is 9.84. The van der Waals surface area contributed by atoms with Crippen LogP contribution >= 0.6 is 11.3 Å². The molecule has 0 unspecified atom stereocenters. The van der Waals surface area contributed by atoms with Gasteiger partial charge in [0.15, 0.2) is 0 Å². The smallest absolute Gasteiger partial charge is 0.135 e. The molecule has 2 heteroatoms. The lowest BCUT2D eigenvalue weighted by Crippen LogP contribution is -1.91. The molecule has 2 heterocycles. The van der Waals surface area contributed by atoms with Crippen LogP contribution in [0.15, 0.2) is 162 Å². The number of thiophene rings is 1. The Balaban J connectivity index is 1.26. The van der Waals surface area contributed by atoms with Crippen LogP contribution < -0.4 is 0 Å². The maximum atomic E-state index is 6.08. The van der Waals surface area contributed by atoms with Crippen LogP contribution in [0, 0.1) is 0 Å². The molecule has 10 aromatic rings. The minimum absolute atomic E-state index is 0.930. The molecule has 2 aromatic heterocycles. The van der Waals surface area contributed by atoms with Gasteiger partial charge < -0.3 is 4.42 Å². The number of hydrogen-bond acceptors (Lipinski definition) is 2.